The van der Waals surface area contributed by atoms with Crippen LogP contribution >= 0.6 is 11.8 Å². The van der Waals surface area contributed by atoms with E-state index in [0.717, 1.165) is 22.3 Å². The number of hydrogen-bond donors (Lipinski definition) is 1. The van der Waals surface area contributed by atoms with Crippen LogP contribution in [0, 0.1) is 13.8 Å². The van der Waals surface area contributed by atoms with Gasteiger partial charge in [0.25, 0.3) is 0 Å². The van der Waals surface area contributed by atoms with Gasteiger partial charge in [-0.1, -0.05) is 54.2 Å². The SMILES string of the molecule is C=CCn1c(COc2ccc3ccccc3c2C)nnc1SCC(=O)Nc1cc(C)ccc1OC. The summed E-state index contributed by atoms with van der Waals surface area (Å²) < 4.78 is 13.4. The van der Waals surface area contributed by atoms with Crippen molar-refractivity contribution in [3.05, 3.63) is 84.2 Å². The van der Waals surface area contributed by atoms with E-state index in [1.54, 1.807) is 13.2 Å². The summed E-state index contributed by atoms with van der Waals surface area (Å²) in [6, 6.07) is 17.9. The molecule has 35 heavy (non-hydrogen) atoms. The average Bonchev–Trinajstić information content (AvgIpc) is 3.24. The topological polar surface area (TPSA) is 78.3 Å². The van der Waals surface area contributed by atoms with Crippen molar-refractivity contribution < 1.29 is 14.3 Å². The van der Waals surface area contributed by atoms with E-state index in [4.69, 9.17) is 9.47 Å². The molecule has 0 unspecified atom stereocenters. The number of nitrogens with zero attached hydrogens (tertiary/aromatic N) is 3. The first-order chi connectivity index (χ1) is 17.0. The first-order valence-electron chi connectivity index (χ1n) is 11.2. The number of carbonyl (C=O) groups excluding carboxylic acids is 1. The van der Waals surface area contributed by atoms with Crippen molar-refractivity contribution in [2.24, 2.45) is 0 Å². The molecule has 7 nitrogen and oxygen atoms in total. The highest BCUT2D eigenvalue weighted by Gasteiger charge is 2.16. The summed E-state index contributed by atoms with van der Waals surface area (Å²) in [5.74, 6) is 2.11. The Hall–Kier alpha value is -3.78. The van der Waals surface area contributed by atoms with E-state index in [9.17, 15) is 4.79 Å². The molecule has 0 bridgehead atoms. The molecular weight excluding hydrogens is 460 g/mol. The van der Waals surface area contributed by atoms with E-state index in [2.05, 4.69) is 47.2 Å². The Kier molecular flexibility index (Phi) is 7.72. The van der Waals surface area contributed by atoms with Crippen LogP contribution < -0.4 is 14.8 Å². The van der Waals surface area contributed by atoms with Crippen molar-refractivity contribution >= 4 is 34.1 Å². The molecule has 0 atom stereocenters. The van der Waals surface area contributed by atoms with E-state index in [1.165, 1.54) is 17.1 Å². The van der Waals surface area contributed by atoms with Crippen molar-refractivity contribution in [2.45, 2.75) is 32.2 Å². The number of carbonyl (C=O) groups is 1. The number of thioether (sulfide) groups is 1. The van der Waals surface area contributed by atoms with Gasteiger partial charge in [0.2, 0.25) is 5.91 Å². The van der Waals surface area contributed by atoms with Crippen LogP contribution in [0.25, 0.3) is 10.8 Å². The molecule has 0 fully saturated rings. The summed E-state index contributed by atoms with van der Waals surface area (Å²) in [5.41, 5.74) is 2.76. The minimum absolute atomic E-state index is 0.156. The maximum atomic E-state index is 12.6. The number of amides is 1. The van der Waals surface area contributed by atoms with E-state index in [-0.39, 0.29) is 18.3 Å². The van der Waals surface area contributed by atoms with Crippen molar-refractivity contribution in [1.29, 1.82) is 0 Å². The van der Waals surface area contributed by atoms with Gasteiger partial charge in [-0.25, -0.2) is 0 Å². The fourth-order valence-electron chi connectivity index (χ4n) is 3.79. The maximum Gasteiger partial charge on any atom is 0.234 e. The Morgan fingerprint density at radius 3 is 2.71 bits per heavy atom. The highest BCUT2D eigenvalue weighted by molar-refractivity contribution is 7.99. The highest BCUT2D eigenvalue weighted by atomic mass is 32.2. The van der Waals surface area contributed by atoms with E-state index in [0.29, 0.717) is 29.0 Å². The van der Waals surface area contributed by atoms with Gasteiger partial charge < -0.3 is 14.8 Å². The highest BCUT2D eigenvalue weighted by Crippen LogP contribution is 2.28. The van der Waals surface area contributed by atoms with Crippen molar-refractivity contribution in [1.82, 2.24) is 14.8 Å². The Morgan fingerprint density at radius 2 is 1.91 bits per heavy atom. The predicted molar refractivity (Wildman–Crippen MR) is 140 cm³/mol. The van der Waals surface area contributed by atoms with Crippen LogP contribution in [0.3, 0.4) is 0 Å². The number of hydrogen-bond acceptors (Lipinski definition) is 6. The number of methoxy groups -OCH3 is 1. The third-order valence-electron chi connectivity index (χ3n) is 5.57. The van der Waals surface area contributed by atoms with Gasteiger partial charge in [-0.2, -0.15) is 0 Å². The summed E-state index contributed by atoms with van der Waals surface area (Å²) in [4.78, 5) is 12.6. The summed E-state index contributed by atoms with van der Waals surface area (Å²) >= 11 is 1.31. The van der Waals surface area contributed by atoms with Gasteiger partial charge in [-0.05, 0) is 53.9 Å². The molecule has 4 rings (SSSR count). The number of nitrogens with one attached hydrogen (secondary N) is 1. The van der Waals surface area contributed by atoms with E-state index >= 15 is 0 Å². The minimum Gasteiger partial charge on any atom is -0.495 e. The van der Waals surface area contributed by atoms with Crippen LogP contribution in [0.15, 0.2) is 72.4 Å². The molecule has 0 aliphatic heterocycles. The summed E-state index contributed by atoms with van der Waals surface area (Å²) in [6.45, 7) is 8.63. The van der Waals surface area contributed by atoms with Gasteiger partial charge in [-0.15, -0.1) is 16.8 Å². The van der Waals surface area contributed by atoms with E-state index in [1.807, 2.05) is 47.9 Å². The lowest BCUT2D eigenvalue weighted by molar-refractivity contribution is -0.113. The standard InChI is InChI=1S/C27H28N4O3S/c1-5-14-31-25(16-34-23-13-11-20-8-6-7-9-21(20)19(23)3)29-30-27(31)35-17-26(32)28-22-15-18(2)10-12-24(22)33-4/h5-13,15H,1,14,16-17H2,2-4H3,(H,28,32). The van der Waals surface area contributed by atoms with Gasteiger partial charge in [0.1, 0.15) is 18.1 Å². The molecule has 0 aliphatic rings. The minimum atomic E-state index is -0.156. The Balaban J connectivity index is 1.43. The number of aromatic nitrogens is 3. The Morgan fingerprint density at radius 1 is 1.11 bits per heavy atom. The Labute approximate surface area is 209 Å². The molecule has 180 valence electrons. The van der Waals surface area contributed by atoms with Gasteiger partial charge in [0, 0.05) is 6.54 Å². The third kappa shape index (κ3) is 5.66. The molecule has 1 N–H and O–H groups in total. The zero-order valence-electron chi connectivity index (χ0n) is 20.1. The van der Waals surface area contributed by atoms with Crippen LogP contribution in [0.4, 0.5) is 5.69 Å². The normalized spacial score (nSPS) is 10.8. The third-order valence-corrected chi connectivity index (χ3v) is 6.54. The first-order valence-corrected chi connectivity index (χ1v) is 12.2. The molecule has 0 saturated carbocycles. The number of fused-ring (bicyclic) bond motifs is 1. The van der Waals surface area contributed by atoms with Crippen LogP contribution in [0.2, 0.25) is 0 Å². The second kappa shape index (κ2) is 11.1. The molecule has 4 aromatic rings. The number of rotatable bonds is 10. The zero-order valence-corrected chi connectivity index (χ0v) is 20.9. The predicted octanol–water partition coefficient (Wildman–Crippen LogP) is 5.55. The van der Waals surface area contributed by atoms with Gasteiger partial charge in [0.05, 0.1) is 18.6 Å². The fourth-order valence-corrected chi connectivity index (χ4v) is 4.55. The molecular formula is C27H28N4O3S. The smallest absolute Gasteiger partial charge is 0.234 e. The maximum absolute atomic E-state index is 12.6. The summed E-state index contributed by atoms with van der Waals surface area (Å²) in [7, 11) is 1.58. The first kappa shape index (κ1) is 24.3. The molecule has 1 amide bonds. The second-order valence-electron chi connectivity index (χ2n) is 8.04. The second-order valence-corrected chi connectivity index (χ2v) is 8.98. The number of benzene rings is 3. The molecule has 1 heterocycles. The number of anilines is 1. The largest absolute Gasteiger partial charge is 0.495 e. The van der Waals surface area contributed by atoms with Crippen molar-refractivity contribution in [3.8, 4) is 11.5 Å². The van der Waals surface area contributed by atoms with Crippen LogP contribution in [-0.2, 0) is 17.9 Å². The van der Waals surface area contributed by atoms with E-state index < -0.39 is 0 Å². The van der Waals surface area contributed by atoms with Gasteiger partial charge >= 0.3 is 0 Å². The van der Waals surface area contributed by atoms with Crippen molar-refractivity contribution in [2.75, 3.05) is 18.2 Å². The lowest BCUT2D eigenvalue weighted by Crippen LogP contribution is -2.15. The molecule has 0 saturated heterocycles. The molecule has 1 aromatic heterocycles. The number of ether oxygens (including phenoxy) is 2. The van der Waals surface area contributed by atoms with Crippen molar-refractivity contribution in [3.63, 3.8) is 0 Å². The van der Waals surface area contributed by atoms with Crippen LogP contribution in [-0.4, -0.2) is 33.5 Å². The van der Waals surface area contributed by atoms with Crippen LogP contribution in [0.5, 0.6) is 11.5 Å². The molecule has 0 aliphatic carbocycles. The van der Waals surface area contributed by atoms with Gasteiger partial charge in [0.15, 0.2) is 11.0 Å². The monoisotopic (exact) mass is 488 g/mol. The molecule has 8 heteroatoms. The fraction of sp³-hybridized carbons (Fsp3) is 0.222. The van der Waals surface area contributed by atoms with Crippen LogP contribution in [0.1, 0.15) is 17.0 Å². The lowest BCUT2D eigenvalue weighted by Gasteiger charge is -2.13. The average molecular weight is 489 g/mol. The summed E-state index contributed by atoms with van der Waals surface area (Å²) in [6.07, 6.45) is 1.77. The Bertz CT molecular complexity index is 1370. The number of aryl methyl sites for hydroxylation is 2. The molecule has 0 spiro atoms. The lowest BCUT2D eigenvalue weighted by atomic mass is 10.0. The van der Waals surface area contributed by atoms with Gasteiger partial charge in [-0.3, -0.25) is 9.36 Å². The summed E-state index contributed by atoms with van der Waals surface area (Å²) in [5, 5.41) is 14.5. The zero-order chi connectivity index (χ0) is 24.8. The molecule has 3 aromatic carbocycles. The number of allylic oxidation sites excluding steroid dienone is 1. The quantitative estimate of drug-likeness (QED) is 0.233. The molecule has 0 radical (unpaired) electrons.